The number of rotatable bonds is 7. The van der Waals surface area contributed by atoms with Gasteiger partial charge in [-0.1, -0.05) is 12.1 Å². The van der Waals surface area contributed by atoms with E-state index in [0.717, 1.165) is 3.57 Å². The Kier molecular flexibility index (Phi) is 9.11. The topological polar surface area (TPSA) is 88.7 Å². The molecule has 0 heterocycles. The number of ether oxygens (including phenoxy) is 2. The van der Waals surface area contributed by atoms with Gasteiger partial charge in [0.25, 0.3) is 11.8 Å². The number of nitrogens with one attached hydrogen (secondary N) is 3. The quantitative estimate of drug-likeness (QED) is 0.229. The van der Waals surface area contributed by atoms with Gasteiger partial charge in [-0.25, -0.2) is 0 Å². The van der Waals surface area contributed by atoms with Crippen LogP contribution in [0.5, 0.6) is 5.75 Å². The second-order valence-electron chi connectivity index (χ2n) is 5.41. The van der Waals surface area contributed by atoms with E-state index < -0.39 is 5.91 Å². The summed E-state index contributed by atoms with van der Waals surface area (Å²) in [5.41, 5.74) is 5.89. The van der Waals surface area contributed by atoms with Crippen LogP contribution in [0.4, 0.5) is 0 Å². The van der Waals surface area contributed by atoms with Crippen molar-refractivity contribution in [1.82, 2.24) is 16.2 Å². The van der Waals surface area contributed by atoms with Crippen molar-refractivity contribution in [2.45, 2.75) is 6.92 Å². The smallest absolute Gasteiger partial charge is 0.270 e. The van der Waals surface area contributed by atoms with Crippen molar-refractivity contribution < 1.29 is 19.1 Å². The number of hydrogen-bond acceptors (Lipinski definition) is 5. The Morgan fingerprint density at radius 2 is 1.71 bits per heavy atom. The van der Waals surface area contributed by atoms with Crippen molar-refractivity contribution in [3.8, 4) is 5.75 Å². The van der Waals surface area contributed by atoms with Crippen LogP contribution < -0.4 is 20.9 Å². The van der Waals surface area contributed by atoms with Crippen LogP contribution in [0.3, 0.4) is 0 Å². The van der Waals surface area contributed by atoms with Crippen LogP contribution in [0, 0.1) is 3.57 Å². The van der Waals surface area contributed by atoms with E-state index in [1.165, 1.54) is 0 Å². The first-order valence-corrected chi connectivity index (χ1v) is 9.96. The van der Waals surface area contributed by atoms with Crippen molar-refractivity contribution in [3.63, 3.8) is 0 Å². The van der Waals surface area contributed by atoms with Crippen molar-refractivity contribution in [1.29, 1.82) is 0 Å². The summed E-state index contributed by atoms with van der Waals surface area (Å²) in [6.07, 6.45) is 0. The fourth-order valence-corrected chi connectivity index (χ4v) is 2.87. The van der Waals surface area contributed by atoms with Crippen molar-refractivity contribution in [3.05, 3.63) is 63.2 Å². The van der Waals surface area contributed by atoms with Crippen LogP contribution in [0.15, 0.2) is 48.5 Å². The van der Waals surface area contributed by atoms with Gasteiger partial charge in [0.15, 0.2) is 5.11 Å². The third kappa shape index (κ3) is 7.06. The monoisotopic (exact) mass is 513 g/mol. The number of carbonyl (C=O) groups is 2. The summed E-state index contributed by atoms with van der Waals surface area (Å²) in [5.74, 6) is -0.112. The van der Waals surface area contributed by atoms with E-state index in [-0.39, 0.29) is 11.0 Å². The first-order valence-electron chi connectivity index (χ1n) is 8.48. The number of hydrazine groups is 1. The third-order valence-electron chi connectivity index (χ3n) is 3.45. The van der Waals surface area contributed by atoms with Crippen LogP contribution in [0.2, 0.25) is 0 Å². The van der Waals surface area contributed by atoms with Gasteiger partial charge in [0.2, 0.25) is 0 Å². The standard InChI is InChI=1S/C19H20IN3O4S/c1-2-26-11-12-27-14-9-7-13(8-10-14)17(24)21-19(28)23-22-18(25)15-5-3-4-6-16(15)20/h3-10H,2,11-12H2,1H3,(H,22,25)(H2,21,23,24,28). The van der Waals surface area contributed by atoms with Crippen LogP contribution in [0.1, 0.15) is 27.6 Å². The van der Waals surface area contributed by atoms with Crippen LogP contribution in [-0.4, -0.2) is 36.7 Å². The predicted octanol–water partition coefficient (Wildman–Crippen LogP) is 2.66. The molecule has 0 unspecified atom stereocenters. The van der Waals surface area contributed by atoms with E-state index in [2.05, 4.69) is 38.8 Å². The van der Waals surface area contributed by atoms with Gasteiger partial charge in [0.05, 0.1) is 12.2 Å². The van der Waals surface area contributed by atoms with Gasteiger partial charge >= 0.3 is 0 Å². The summed E-state index contributed by atoms with van der Waals surface area (Å²) in [7, 11) is 0. The summed E-state index contributed by atoms with van der Waals surface area (Å²) in [5, 5.41) is 2.49. The van der Waals surface area contributed by atoms with E-state index in [1.54, 1.807) is 36.4 Å². The molecule has 0 spiro atoms. The molecule has 0 aliphatic heterocycles. The molecule has 0 radical (unpaired) electrons. The number of carbonyl (C=O) groups excluding carboxylic acids is 2. The van der Waals surface area contributed by atoms with E-state index in [1.807, 2.05) is 19.1 Å². The minimum absolute atomic E-state index is 0.0127. The Bertz CT molecular complexity index is 830. The zero-order chi connectivity index (χ0) is 20.4. The first kappa shape index (κ1) is 22.1. The maximum atomic E-state index is 12.2. The van der Waals surface area contributed by atoms with Crippen LogP contribution in [0.25, 0.3) is 0 Å². The largest absolute Gasteiger partial charge is 0.491 e. The predicted molar refractivity (Wildman–Crippen MR) is 118 cm³/mol. The van der Waals surface area contributed by atoms with E-state index in [0.29, 0.717) is 36.7 Å². The normalized spacial score (nSPS) is 10.1. The van der Waals surface area contributed by atoms with Gasteiger partial charge < -0.3 is 9.47 Å². The molecular weight excluding hydrogens is 493 g/mol. The van der Waals surface area contributed by atoms with Gasteiger partial charge in [0, 0.05) is 15.7 Å². The molecule has 3 N–H and O–H groups in total. The average molecular weight is 513 g/mol. The molecule has 7 nitrogen and oxygen atoms in total. The molecule has 9 heteroatoms. The molecule has 2 aromatic carbocycles. The van der Waals surface area contributed by atoms with Crippen molar-refractivity contribution in [2.24, 2.45) is 0 Å². The molecule has 0 aliphatic rings. The lowest BCUT2D eigenvalue weighted by molar-refractivity contribution is 0.0934. The van der Waals surface area contributed by atoms with Crippen LogP contribution >= 0.6 is 34.8 Å². The van der Waals surface area contributed by atoms with Gasteiger partial charge in [-0.3, -0.25) is 25.8 Å². The second-order valence-corrected chi connectivity index (χ2v) is 6.98. The molecule has 148 valence electrons. The number of hydrogen-bond donors (Lipinski definition) is 3. The fourth-order valence-electron chi connectivity index (χ4n) is 2.10. The molecule has 0 atom stereocenters. The summed E-state index contributed by atoms with van der Waals surface area (Å²) in [6.45, 7) is 3.50. The highest BCUT2D eigenvalue weighted by atomic mass is 127. The van der Waals surface area contributed by atoms with Crippen molar-refractivity contribution >= 4 is 51.7 Å². The fraction of sp³-hybridized carbons (Fsp3) is 0.211. The zero-order valence-corrected chi connectivity index (χ0v) is 18.1. The number of benzene rings is 2. The van der Waals surface area contributed by atoms with E-state index in [4.69, 9.17) is 21.7 Å². The maximum Gasteiger partial charge on any atom is 0.270 e. The van der Waals surface area contributed by atoms with Crippen LogP contribution in [-0.2, 0) is 4.74 Å². The number of thiocarbonyl (C=S) groups is 1. The van der Waals surface area contributed by atoms with Gasteiger partial charge in [-0.05, 0) is 78.1 Å². The Morgan fingerprint density at radius 3 is 2.39 bits per heavy atom. The highest BCUT2D eigenvalue weighted by molar-refractivity contribution is 14.1. The lowest BCUT2D eigenvalue weighted by Crippen LogP contribution is -2.48. The highest BCUT2D eigenvalue weighted by Gasteiger charge is 2.11. The molecule has 0 aromatic heterocycles. The molecule has 0 aliphatic carbocycles. The summed E-state index contributed by atoms with van der Waals surface area (Å²) >= 11 is 7.11. The molecular formula is C19H20IN3O4S. The Labute approximate surface area is 182 Å². The minimum Gasteiger partial charge on any atom is -0.491 e. The van der Waals surface area contributed by atoms with Gasteiger partial charge in [-0.15, -0.1) is 0 Å². The molecule has 28 heavy (non-hydrogen) atoms. The lowest BCUT2D eigenvalue weighted by atomic mass is 10.2. The SMILES string of the molecule is CCOCCOc1ccc(C(=O)NC(=S)NNC(=O)c2ccccc2I)cc1. The zero-order valence-electron chi connectivity index (χ0n) is 15.2. The van der Waals surface area contributed by atoms with Crippen molar-refractivity contribution in [2.75, 3.05) is 19.8 Å². The molecule has 0 fully saturated rings. The van der Waals surface area contributed by atoms with E-state index in [9.17, 15) is 9.59 Å². The Hall–Kier alpha value is -2.24. The van der Waals surface area contributed by atoms with Gasteiger partial charge in [-0.2, -0.15) is 0 Å². The molecule has 0 saturated carbocycles. The first-order chi connectivity index (χ1) is 13.5. The maximum absolute atomic E-state index is 12.2. The molecule has 2 aromatic rings. The summed E-state index contributed by atoms with van der Waals surface area (Å²) in [6, 6.07) is 13.7. The average Bonchev–Trinajstić information content (AvgIpc) is 2.70. The Morgan fingerprint density at radius 1 is 1.00 bits per heavy atom. The number of halogens is 1. The lowest BCUT2D eigenvalue weighted by Gasteiger charge is -2.12. The molecule has 2 amide bonds. The minimum atomic E-state index is -0.401. The molecule has 0 bridgehead atoms. The highest BCUT2D eigenvalue weighted by Crippen LogP contribution is 2.12. The number of amides is 2. The molecule has 2 rings (SSSR count). The van der Waals surface area contributed by atoms with E-state index >= 15 is 0 Å². The summed E-state index contributed by atoms with van der Waals surface area (Å²) in [4.78, 5) is 24.3. The third-order valence-corrected chi connectivity index (χ3v) is 4.60. The molecule has 0 saturated heterocycles. The Balaban J connectivity index is 1.79. The second kappa shape index (κ2) is 11.6. The summed E-state index contributed by atoms with van der Waals surface area (Å²) < 4.78 is 11.5. The van der Waals surface area contributed by atoms with Gasteiger partial charge in [0.1, 0.15) is 12.4 Å².